The third-order valence-electron chi connectivity index (χ3n) is 5.18. The predicted octanol–water partition coefficient (Wildman–Crippen LogP) is 5.02. The smallest absolute Gasteiger partial charge is 0.443 e. The fraction of sp³-hybridized carbons (Fsp3) is 0.240. The van der Waals surface area contributed by atoms with Gasteiger partial charge in [0.25, 0.3) is 0 Å². The molecule has 0 amide bonds. The number of methoxy groups -OCH3 is 3. The number of benzene rings is 3. The first-order valence-corrected chi connectivity index (χ1v) is 12.1. The Labute approximate surface area is 199 Å². The van der Waals surface area contributed by atoms with Crippen molar-refractivity contribution in [2.24, 2.45) is 5.73 Å². The fourth-order valence-electron chi connectivity index (χ4n) is 3.58. The zero-order chi connectivity index (χ0) is 24.7. The molecule has 0 fully saturated rings. The van der Waals surface area contributed by atoms with E-state index in [2.05, 4.69) is 0 Å². The van der Waals surface area contributed by atoms with Crippen LogP contribution in [0.2, 0.25) is 0 Å². The Morgan fingerprint density at radius 3 is 1.50 bits per heavy atom. The van der Waals surface area contributed by atoms with Crippen molar-refractivity contribution in [3.05, 3.63) is 78.4 Å². The number of para-hydroxylation sites is 5. The lowest BCUT2D eigenvalue weighted by molar-refractivity contribution is -0.117. The van der Waals surface area contributed by atoms with Crippen LogP contribution >= 0.6 is 7.60 Å². The van der Waals surface area contributed by atoms with Gasteiger partial charge in [0.1, 0.15) is 11.5 Å². The van der Waals surface area contributed by atoms with Gasteiger partial charge < -0.3 is 29.0 Å². The molecule has 0 aliphatic heterocycles. The minimum Gasteiger partial charge on any atom is -0.496 e. The van der Waals surface area contributed by atoms with Gasteiger partial charge in [-0.3, -0.25) is 4.79 Å². The number of hydrogen-bond acceptors (Lipinski definition) is 8. The summed E-state index contributed by atoms with van der Waals surface area (Å²) < 4.78 is 42.6. The molecule has 3 aromatic carbocycles. The standard InChI is InChI=1S/C25H28NO7P/c1-17(27)25(24(26)18-11-5-6-12-19(18)29-2)34(28,32-22-15-9-7-13-20(22)30-3)33-23-16-10-8-14-21(23)31-4/h5-16,24-25H,26H2,1-4H3. The number of Topliss-reactive ketones (excluding diaryl/α,β-unsaturated/α-hetero) is 1. The topological polar surface area (TPSA) is 106 Å². The van der Waals surface area contributed by atoms with Gasteiger partial charge in [-0.2, -0.15) is 0 Å². The zero-order valence-corrected chi connectivity index (χ0v) is 20.4. The SMILES string of the molecule is COc1ccccc1OP(=O)(Oc1ccccc1OC)C(C(C)=O)C(N)c1ccccc1OC. The molecule has 0 aliphatic carbocycles. The number of rotatable bonds is 11. The van der Waals surface area contributed by atoms with Crippen LogP contribution in [0.15, 0.2) is 72.8 Å². The second-order valence-corrected chi connectivity index (χ2v) is 9.35. The molecule has 2 unspecified atom stereocenters. The maximum absolute atomic E-state index is 14.5. The number of hydrogen-bond donors (Lipinski definition) is 1. The summed E-state index contributed by atoms with van der Waals surface area (Å²) in [6, 6.07) is 19.2. The highest BCUT2D eigenvalue weighted by atomic mass is 31.2. The molecule has 2 atom stereocenters. The maximum atomic E-state index is 14.5. The molecule has 2 N–H and O–H groups in total. The molecule has 0 radical (unpaired) electrons. The highest BCUT2D eigenvalue weighted by Crippen LogP contribution is 2.58. The van der Waals surface area contributed by atoms with Crippen LogP contribution in [0.3, 0.4) is 0 Å². The van der Waals surface area contributed by atoms with E-state index in [1.165, 1.54) is 28.3 Å². The Morgan fingerprint density at radius 2 is 1.09 bits per heavy atom. The Bertz CT molecular complexity index is 1130. The molecule has 34 heavy (non-hydrogen) atoms. The average molecular weight is 485 g/mol. The minimum absolute atomic E-state index is 0.140. The number of carbonyl (C=O) groups is 1. The molecule has 0 heterocycles. The summed E-state index contributed by atoms with van der Waals surface area (Å²) >= 11 is 0. The van der Waals surface area contributed by atoms with E-state index in [9.17, 15) is 9.36 Å². The summed E-state index contributed by atoms with van der Waals surface area (Å²) in [5, 5.41) is 0. The van der Waals surface area contributed by atoms with Crippen molar-refractivity contribution in [1.82, 2.24) is 0 Å². The van der Waals surface area contributed by atoms with E-state index >= 15 is 0 Å². The van der Waals surface area contributed by atoms with E-state index in [1.54, 1.807) is 72.8 Å². The Hall–Kier alpha value is -3.48. The van der Waals surface area contributed by atoms with E-state index in [0.717, 1.165) is 0 Å². The highest BCUT2D eigenvalue weighted by molar-refractivity contribution is 7.56. The molecule has 3 rings (SSSR count). The van der Waals surface area contributed by atoms with Crippen molar-refractivity contribution in [2.45, 2.75) is 18.6 Å². The molecule has 0 spiro atoms. The van der Waals surface area contributed by atoms with Gasteiger partial charge in [-0.05, 0) is 37.3 Å². The minimum atomic E-state index is -4.35. The third kappa shape index (κ3) is 5.35. The van der Waals surface area contributed by atoms with Gasteiger partial charge in [0.2, 0.25) is 0 Å². The van der Waals surface area contributed by atoms with E-state index in [0.29, 0.717) is 22.8 Å². The molecule has 0 bridgehead atoms. The summed E-state index contributed by atoms with van der Waals surface area (Å²) in [5.41, 5.74) is 5.66. The van der Waals surface area contributed by atoms with Crippen molar-refractivity contribution in [2.75, 3.05) is 21.3 Å². The summed E-state index contributed by atoms with van der Waals surface area (Å²) in [5.74, 6) is 0.886. The van der Waals surface area contributed by atoms with E-state index < -0.39 is 25.1 Å². The van der Waals surface area contributed by atoms with Crippen molar-refractivity contribution in [3.8, 4) is 28.7 Å². The van der Waals surface area contributed by atoms with Gasteiger partial charge in [0.15, 0.2) is 28.7 Å². The molecule has 0 saturated carbocycles. The second-order valence-electron chi connectivity index (χ2n) is 7.35. The second kappa shape index (κ2) is 11.1. The summed E-state index contributed by atoms with van der Waals surface area (Å²) in [7, 11) is 0.0501. The van der Waals surface area contributed by atoms with Crippen LogP contribution in [0.4, 0.5) is 0 Å². The fourth-order valence-corrected chi connectivity index (χ4v) is 5.69. The maximum Gasteiger partial charge on any atom is 0.443 e. The van der Waals surface area contributed by atoms with Gasteiger partial charge in [-0.1, -0.05) is 42.5 Å². The monoisotopic (exact) mass is 485 g/mol. The first-order chi connectivity index (χ1) is 16.3. The summed E-state index contributed by atoms with van der Waals surface area (Å²) in [6.45, 7) is 1.30. The normalized spacial score (nSPS) is 12.9. The van der Waals surface area contributed by atoms with Crippen molar-refractivity contribution in [1.29, 1.82) is 0 Å². The van der Waals surface area contributed by atoms with Gasteiger partial charge in [-0.25, -0.2) is 4.57 Å². The number of ether oxygens (including phenoxy) is 3. The van der Waals surface area contributed by atoms with Gasteiger partial charge in [-0.15, -0.1) is 0 Å². The van der Waals surface area contributed by atoms with Crippen LogP contribution in [0.25, 0.3) is 0 Å². The molecule has 9 heteroatoms. The molecule has 0 saturated heterocycles. The quantitative estimate of drug-likeness (QED) is 0.377. The lowest BCUT2D eigenvalue weighted by Gasteiger charge is -2.31. The molecule has 3 aromatic rings. The predicted molar refractivity (Wildman–Crippen MR) is 129 cm³/mol. The van der Waals surface area contributed by atoms with Crippen LogP contribution in [0.5, 0.6) is 28.7 Å². The average Bonchev–Trinajstić information content (AvgIpc) is 2.84. The zero-order valence-electron chi connectivity index (χ0n) is 19.5. The lowest BCUT2D eigenvalue weighted by Crippen LogP contribution is -2.35. The molecular weight excluding hydrogens is 457 g/mol. The molecule has 0 aromatic heterocycles. The van der Waals surface area contributed by atoms with Gasteiger partial charge >= 0.3 is 7.60 Å². The first-order valence-electron chi connectivity index (χ1n) is 10.5. The van der Waals surface area contributed by atoms with E-state index in [4.69, 9.17) is 29.0 Å². The van der Waals surface area contributed by atoms with Crippen LogP contribution < -0.4 is 29.0 Å². The van der Waals surface area contributed by atoms with Crippen molar-refractivity contribution < 1.29 is 32.6 Å². The Balaban J connectivity index is 2.16. The molecule has 0 aliphatic rings. The molecule has 8 nitrogen and oxygen atoms in total. The molecule has 180 valence electrons. The molecular formula is C25H28NO7P. The lowest BCUT2D eigenvalue weighted by atomic mass is 10.0. The Morgan fingerprint density at radius 1 is 0.706 bits per heavy atom. The number of nitrogens with two attached hydrogens (primary N) is 1. The largest absolute Gasteiger partial charge is 0.496 e. The number of carbonyl (C=O) groups excluding carboxylic acids is 1. The first kappa shape index (κ1) is 25.1. The summed E-state index contributed by atoms with van der Waals surface area (Å²) in [4.78, 5) is 13.0. The highest BCUT2D eigenvalue weighted by Gasteiger charge is 2.48. The van der Waals surface area contributed by atoms with Crippen molar-refractivity contribution in [3.63, 3.8) is 0 Å². The van der Waals surface area contributed by atoms with E-state index in [-0.39, 0.29) is 11.5 Å². The Kier molecular flexibility index (Phi) is 8.21. The van der Waals surface area contributed by atoms with Crippen LogP contribution in [-0.2, 0) is 9.36 Å². The van der Waals surface area contributed by atoms with Crippen LogP contribution in [-0.4, -0.2) is 32.8 Å². The number of ketones is 1. The summed E-state index contributed by atoms with van der Waals surface area (Å²) in [6.07, 6.45) is 0. The van der Waals surface area contributed by atoms with Crippen molar-refractivity contribution >= 4 is 13.4 Å². The van der Waals surface area contributed by atoms with Gasteiger partial charge in [0.05, 0.1) is 27.4 Å². The van der Waals surface area contributed by atoms with Crippen LogP contribution in [0.1, 0.15) is 18.5 Å². The third-order valence-corrected chi connectivity index (χ3v) is 7.45. The van der Waals surface area contributed by atoms with E-state index in [1.807, 2.05) is 0 Å². The van der Waals surface area contributed by atoms with Crippen LogP contribution in [0, 0.1) is 0 Å². The van der Waals surface area contributed by atoms with Gasteiger partial charge in [0, 0.05) is 5.56 Å².